The quantitative estimate of drug-likeness (QED) is 0.817. The monoisotopic (exact) mass is 283 g/mol. The molecule has 0 radical (unpaired) electrons. The summed E-state index contributed by atoms with van der Waals surface area (Å²) in [5.41, 5.74) is 1.04. The largest absolute Gasteiger partial charge is 0.870 e. The molecule has 0 unspecified atom stereocenters. The number of nitrogens with zero attached hydrogens (tertiary/aromatic N) is 1. The lowest BCUT2D eigenvalue weighted by atomic mass is 10.2. The Labute approximate surface area is 115 Å². The summed E-state index contributed by atoms with van der Waals surface area (Å²) in [4.78, 5) is 0.957. The van der Waals surface area contributed by atoms with Crippen molar-refractivity contribution in [3.05, 3.63) is 34.3 Å². The number of fused-ring (bicyclic) bond motifs is 1. The van der Waals surface area contributed by atoms with Crippen LogP contribution in [0, 0.1) is 0 Å². The van der Waals surface area contributed by atoms with E-state index in [1.54, 1.807) is 11.3 Å². The van der Waals surface area contributed by atoms with Crippen molar-refractivity contribution in [2.75, 3.05) is 0 Å². The van der Waals surface area contributed by atoms with E-state index in [2.05, 4.69) is 0 Å². The van der Waals surface area contributed by atoms with Gasteiger partial charge in [0.05, 0.1) is 0 Å². The summed E-state index contributed by atoms with van der Waals surface area (Å²) in [6.07, 6.45) is 3.45. The highest BCUT2D eigenvalue weighted by molar-refractivity contribution is 7.15. The maximum atomic E-state index is 10.2. The number of aromatic nitrogens is 1. The Morgan fingerprint density at radius 3 is 2.56 bits per heavy atom. The predicted molar refractivity (Wildman–Crippen MR) is 71.5 cm³/mol. The van der Waals surface area contributed by atoms with E-state index in [0.717, 1.165) is 34.8 Å². The van der Waals surface area contributed by atoms with Gasteiger partial charge in [-0.1, -0.05) is 35.1 Å². The highest BCUT2D eigenvalue weighted by Crippen LogP contribution is 2.35. The van der Waals surface area contributed by atoms with Crippen LogP contribution in [0.1, 0.15) is 17.8 Å². The van der Waals surface area contributed by atoms with E-state index in [1.807, 2.05) is 28.8 Å². The maximum absolute atomic E-state index is 10.2. The van der Waals surface area contributed by atoms with Crippen LogP contribution in [0.4, 0.5) is 0 Å². The normalized spacial score (nSPS) is 13.8. The molecule has 3 nitrogen and oxygen atoms in total. The van der Waals surface area contributed by atoms with Gasteiger partial charge in [-0.15, -0.1) is 0 Å². The minimum Gasteiger partial charge on any atom is -0.870 e. The van der Waals surface area contributed by atoms with Crippen LogP contribution < -0.4 is 4.57 Å². The second-order valence-electron chi connectivity index (χ2n) is 4.26. The van der Waals surface area contributed by atoms with Gasteiger partial charge in [0.1, 0.15) is 0 Å². The van der Waals surface area contributed by atoms with Crippen molar-refractivity contribution in [2.24, 2.45) is 0 Å². The van der Waals surface area contributed by atoms with Gasteiger partial charge in [-0.3, -0.25) is 0 Å². The number of thiazole rings is 1. The smallest absolute Gasteiger partial charge is 0.384 e. The molecular weight excluding hydrogens is 270 g/mol. The first-order chi connectivity index (χ1) is 8.25. The third kappa shape index (κ3) is 2.23. The van der Waals surface area contributed by atoms with Gasteiger partial charge in [-0.2, -0.15) is 4.57 Å². The number of benzene rings is 1. The summed E-state index contributed by atoms with van der Waals surface area (Å²) in [5, 5.41) is 12.2. The molecular formula is C13H14ClNO2S. The van der Waals surface area contributed by atoms with Crippen molar-refractivity contribution >= 4 is 22.9 Å². The van der Waals surface area contributed by atoms with Crippen molar-refractivity contribution < 1.29 is 15.1 Å². The summed E-state index contributed by atoms with van der Waals surface area (Å²) in [6, 6.07) is 7.64. The van der Waals surface area contributed by atoms with Gasteiger partial charge in [0.15, 0.2) is 11.4 Å². The fourth-order valence-electron chi connectivity index (χ4n) is 2.21. The van der Waals surface area contributed by atoms with E-state index < -0.39 is 0 Å². The fourth-order valence-corrected chi connectivity index (χ4v) is 3.56. The Balaban J connectivity index is 0.00000120. The van der Waals surface area contributed by atoms with Crippen LogP contribution in [-0.2, 0) is 13.0 Å². The Kier molecular flexibility index (Phi) is 3.90. The molecule has 0 amide bonds. The first-order valence-electron chi connectivity index (χ1n) is 5.76. The molecule has 0 bridgehead atoms. The molecule has 0 atom stereocenters. The van der Waals surface area contributed by atoms with Gasteiger partial charge >= 0.3 is 5.88 Å². The lowest BCUT2D eigenvalue weighted by Gasteiger charge is -2.03. The van der Waals surface area contributed by atoms with Gasteiger partial charge < -0.3 is 10.6 Å². The summed E-state index contributed by atoms with van der Waals surface area (Å²) < 4.78 is 2.04. The van der Waals surface area contributed by atoms with Crippen LogP contribution in [-0.4, -0.2) is 10.6 Å². The minimum atomic E-state index is 0. The molecule has 3 rings (SSSR count). The van der Waals surface area contributed by atoms with Gasteiger partial charge in [-0.25, -0.2) is 0 Å². The fraction of sp³-hybridized carbons (Fsp3) is 0.308. The van der Waals surface area contributed by atoms with Gasteiger partial charge in [0.25, 0.3) is 0 Å². The van der Waals surface area contributed by atoms with E-state index in [4.69, 9.17) is 11.6 Å². The first kappa shape index (κ1) is 13.3. The molecule has 0 spiro atoms. The number of aromatic hydroxyl groups is 1. The second-order valence-corrected chi connectivity index (χ2v) is 5.78. The summed E-state index contributed by atoms with van der Waals surface area (Å²) in [6.45, 7) is 0.936. The molecule has 0 aliphatic carbocycles. The molecule has 0 saturated carbocycles. The molecule has 18 heavy (non-hydrogen) atoms. The molecule has 2 heterocycles. The zero-order valence-electron chi connectivity index (χ0n) is 9.77. The number of halogens is 1. The Morgan fingerprint density at radius 1 is 1.17 bits per heavy atom. The number of hydrogen-bond donors (Lipinski definition) is 1. The third-order valence-corrected chi connectivity index (χ3v) is 4.64. The van der Waals surface area contributed by atoms with Crippen LogP contribution in [0.25, 0.3) is 10.4 Å². The van der Waals surface area contributed by atoms with E-state index in [0.29, 0.717) is 5.88 Å². The van der Waals surface area contributed by atoms with Gasteiger partial charge in [0.2, 0.25) is 5.01 Å². The minimum absolute atomic E-state index is 0. The molecule has 1 aromatic carbocycles. The lowest BCUT2D eigenvalue weighted by Crippen LogP contribution is -2.38. The molecule has 2 N–H and O–H groups in total. The Morgan fingerprint density at radius 2 is 1.89 bits per heavy atom. The first-order valence-corrected chi connectivity index (χ1v) is 6.95. The number of hydrogen-bond acceptors (Lipinski definition) is 3. The van der Waals surface area contributed by atoms with E-state index in [9.17, 15) is 5.11 Å². The van der Waals surface area contributed by atoms with Crippen molar-refractivity contribution in [1.29, 1.82) is 0 Å². The molecule has 2 aromatic rings. The van der Waals surface area contributed by atoms with Gasteiger partial charge in [0, 0.05) is 23.4 Å². The topological polar surface area (TPSA) is 54.1 Å². The zero-order chi connectivity index (χ0) is 11.8. The maximum Gasteiger partial charge on any atom is 0.384 e. The lowest BCUT2D eigenvalue weighted by molar-refractivity contribution is -0.709. The summed E-state index contributed by atoms with van der Waals surface area (Å²) in [7, 11) is 0. The molecule has 0 fully saturated rings. The van der Waals surface area contributed by atoms with Crippen molar-refractivity contribution in [3.8, 4) is 16.3 Å². The highest BCUT2D eigenvalue weighted by Gasteiger charge is 2.28. The average molecular weight is 284 g/mol. The zero-order valence-corrected chi connectivity index (χ0v) is 11.3. The molecule has 5 heteroatoms. The standard InChI is InChI=1S/C13H12ClNOS.H2O/c14-10-6-4-9(5-7-10)12-13(16)15-8-2-1-3-11(15)17-12;/h4-7H,1-3,8H2;1H2. The van der Waals surface area contributed by atoms with Crippen LogP contribution in [0.15, 0.2) is 24.3 Å². The molecule has 1 aliphatic heterocycles. The number of aryl methyl sites for hydroxylation is 1. The van der Waals surface area contributed by atoms with E-state index in [-0.39, 0.29) is 5.48 Å². The Hall–Kier alpha value is -1.10. The highest BCUT2D eigenvalue weighted by atomic mass is 35.5. The van der Waals surface area contributed by atoms with Gasteiger partial charge in [-0.05, 0) is 18.6 Å². The second kappa shape index (κ2) is 5.26. The van der Waals surface area contributed by atoms with Crippen LogP contribution in [0.2, 0.25) is 5.02 Å². The van der Waals surface area contributed by atoms with Crippen molar-refractivity contribution in [2.45, 2.75) is 25.8 Å². The van der Waals surface area contributed by atoms with Crippen LogP contribution in [0.3, 0.4) is 0 Å². The van der Waals surface area contributed by atoms with Crippen LogP contribution in [0.5, 0.6) is 5.88 Å². The van der Waals surface area contributed by atoms with Crippen LogP contribution >= 0.6 is 22.9 Å². The molecule has 96 valence electrons. The predicted octanol–water partition coefficient (Wildman–Crippen LogP) is 3.22. The number of rotatable bonds is 1. The van der Waals surface area contributed by atoms with E-state index in [1.165, 1.54) is 11.4 Å². The molecule has 1 aromatic heterocycles. The SMILES string of the molecule is Oc1c(-c2ccc(Cl)cc2)sc2[n+]1CCCC2.[OH-]. The van der Waals surface area contributed by atoms with E-state index >= 15 is 0 Å². The molecule has 0 saturated heterocycles. The third-order valence-electron chi connectivity index (χ3n) is 3.11. The average Bonchev–Trinajstić information content (AvgIpc) is 2.69. The summed E-state index contributed by atoms with van der Waals surface area (Å²) >= 11 is 7.57. The molecule has 1 aliphatic rings. The summed E-state index contributed by atoms with van der Waals surface area (Å²) in [5.74, 6) is 0.409. The van der Waals surface area contributed by atoms with Crippen molar-refractivity contribution in [1.82, 2.24) is 0 Å². The Bertz CT molecular complexity index is 551. The van der Waals surface area contributed by atoms with Crippen molar-refractivity contribution in [3.63, 3.8) is 0 Å².